The van der Waals surface area contributed by atoms with Gasteiger partial charge in [0.1, 0.15) is 12.4 Å². The number of aromatic nitrogens is 1. The molecule has 0 saturated carbocycles. The summed E-state index contributed by atoms with van der Waals surface area (Å²) < 4.78 is 5.63. The number of benzene rings is 1. The average molecular weight is 244 g/mol. The van der Waals surface area contributed by atoms with E-state index in [-0.39, 0.29) is 0 Å². The van der Waals surface area contributed by atoms with Crippen molar-refractivity contribution in [3.8, 4) is 11.8 Å². The number of hydrogen-bond donors (Lipinski definition) is 0. The van der Waals surface area contributed by atoms with Crippen LogP contribution in [0.4, 0.5) is 0 Å². The Morgan fingerprint density at radius 1 is 1.35 bits per heavy atom. The van der Waals surface area contributed by atoms with Crippen LogP contribution in [0.15, 0.2) is 30.5 Å². The largest absolute Gasteiger partial charge is 0.488 e. The van der Waals surface area contributed by atoms with E-state index in [0.717, 1.165) is 21.2 Å². The van der Waals surface area contributed by atoms with Gasteiger partial charge in [-0.15, -0.1) is 11.3 Å². The molecule has 0 N–H and O–H groups in total. The minimum absolute atomic E-state index is 0.439. The van der Waals surface area contributed by atoms with Gasteiger partial charge in [0.15, 0.2) is 0 Å². The number of thiazole rings is 1. The average Bonchev–Trinajstić information content (AvgIpc) is 2.75. The Morgan fingerprint density at radius 3 is 2.71 bits per heavy atom. The smallest absolute Gasteiger partial charge is 0.124 e. The van der Waals surface area contributed by atoms with E-state index in [1.54, 1.807) is 11.3 Å². The molecular formula is C13H12N2OS. The summed E-state index contributed by atoms with van der Waals surface area (Å²) in [6.45, 7) is 2.52. The molecule has 0 bridgehead atoms. The Morgan fingerprint density at radius 2 is 2.12 bits per heavy atom. The third-order valence-electron chi connectivity index (χ3n) is 2.26. The minimum Gasteiger partial charge on any atom is -0.488 e. The highest BCUT2D eigenvalue weighted by Crippen LogP contribution is 2.17. The third-order valence-corrected chi connectivity index (χ3v) is 3.14. The number of hydrogen-bond acceptors (Lipinski definition) is 4. The summed E-state index contributed by atoms with van der Waals surface area (Å²) in [6.07, 6.45) is 2.28. The van der Waals surface area contributed by atoms with Gasteiger partial charge >= 0.3 is 0 Å². The van der Waals surface area contributed by atoms with Crippen molar-refractivity contribution < 1.29 is 4.74 Å². The molecule has 1 aromatic heterocycles. The fourth-order valence-electron chi connectivity index (χ4n) is 1.42. The van der Waals surface area contributed by atoms with E-state index in [0.29, 0.717) is 13.0 Å². The molecule has 0 aliphatic rings. The first-order chi connectivity index (χ1) is 8.28. The second kappa shape index (κ2) is 5.46. The summed E-state index contributed by atoms with van der Waals surface area (Å²) >= 11 is 1.64. The van der Waals surface area contributed by atoms with Gasteiger partial charge in [-0.25, -0.2) is 4.98 Å². The van der Waals surface area contributed by atoms with Gasteiger partial charge in [-0.1, -0.05) is 12.1 Å². The highest BCUT2D eigenvalue weighted by atomic mass is 32.1. The van der Waals surface area contributed by atoms with Crippen molar-refractivity contribution >= 4 is 11.3 Å². The maximum atomic E-state index is 8.56. The molecule has 0 aliphatic heterocycles. The van der Waals surface area contributed by atoms with Gasteiger partial charge in [0, 0.05) is 6.20 Å². The zero-order valence-corrected chi connectivity index (χ0v) is 10.3. The van der Waals surface area contributed by atoms with Crippen LogP contribution in [0.3, 0.4) is 0 Å². The first-order valence-electron chi connectivity index (χ1n) is 5.28. The van der Waals surface area contributed by atoms with E-state index < -0.39 is 0 Å². The monoisotopic (exact) mass is 244 g/mol. The Hall–Kier alpha value is -1.86. The zero-order valence-electron chi connectivity index (χ0n) is 9.51. The summed E-state index contributed by atoms with van der Waals surface area (Å²) in [7, 11) is 0. The molecule has 0 spiro atoms. The van der Waals surface area contributed by atoms with Gasteiger partial charge < -0.3 is 4.74 Å². The maximum absolute atomic E-state index is 8.56. The molecule has 0 fully saturated rings. The fourth-order valence-corrected chi connectivity index (χ4v) is 2.13. The lowest BCUT2D eigenvalue weighted by molar-refractivity contribution is 0.309. The van der Waals surface area contributed by atoms with Crippen LogP contribution in [0.2, 0.25) is 0 Å². The Balaban J connectivity index is 1.93. The van der Waals surface area contributed by atoms with E-state index in [1.165, 1.54) is 0 Å². The van der Waals surface area contributed by atoms with Crippen molar-refractivity contribution in [1.82, 2.24) is 4.98 Å². The lowest BCUT2D eigenvalue weighted by atomic mass is 10.2. The molecule has 2 aromatic rings. The molecule has 0 amide bonds. The number of ether oxygens (including phenoxy) is 1. The van der Waals surface area contributed by atoms with Crippen molar-refractivity contribution in [2.45, 2.75) is 20.0 Å². The molecule has 1 heterocycles. The molecule has 0 aliphatic carbocycles. The quantitative estimate of drug-likeness (QED) is 0.830. The van der Waals surface area contributed by atoms with E-state index in [1.807, 2.05) is 37.4 Å². The molecule has 4 heteroatoms. The molecule has 1 aromatic carbocycles. The van der Waals surface area contributed by atoms with Crippen LogP contribution < -0.4 is 4.74 Å². The van der Waals surface area contributed by atoms with Gasteiger partial charge in [0.2, 0.25) is 0 Å². The predicted molar refractivity (Wildman–Crippen MR) is 66.9 cm³/mol. The van der Waals surface area contributed by atoms with Crippen molar-refractivity contribution in [3.05, 3.63) is 45.9 Å². The summed E-state index contributed by atoms with van der Waals surface area (Å²) in [6, 6.07) is 9.72. The van der Waals surface area contributed by atoms with Crippen LogP contribution in [0.25, 0.3) is 0 Å². The second-order valence-electron chi connectivity index (χ2n) is 3.61. The van der Waals surface area contributed by atoms with E-state index in [4.69, 9.17) is 10.00 Å². The topological polar surface area (TPSA) is 45.9 Å². The Kier molecular flexibility index (Phi) is 3.73. The fraction of sp³-hybridized carbons (Fsp3) is 0.231. The van der Waals surface area contributed by atoms with E-state index in [9.17, 15) is 0 Å². The highest BCUT2D eigenvalue weighted by Gasteiger charge is 2.00. The Bertz CT molecular complexity index is 525. The van der Waals surface area contributed by atoms with Crippen LogP contribution in [-0.4, -0.2) is 4.98 Å². The van der Waals surface area contributed by atoms with Crippen molar-refractivity contribution in [2.24, 2.45) is 0 Å². The predicted octanol–water partition coefficient (Wildman–Crippen LogP) is 3.10. The Labute approximate surface area is 104 Å². The van der Waals surface area contributed by atoms with Gasteiger partial charge in [-0.05, 0) is 24.6 Å². The summed E-state index contributed by atoms with van der Waals surface area (Å²) in [5, 5.41) is 9.61. The first kappa shape index (κ1) is 11.6. The van der Waals surface area contributed by atoms with Crippen LogP contribution in [0, 0.1) is 18.3 Å². The number of aryl methyl sites for hydroxylation is 1. The summed E-state index contributed by atoms with van der Waals surface area (Å²) in [5.74, 6) is 0.817. The number of nitrogens with zero attached hydrogens (tertiary/aromatic N) is 2. The zero-order chi connectivity index (χ0) is 12.1. The van der Waals surface area contributed by atoms with Crippen molar-refractivity contribution in [1.29, 1.82) is 5.26 Å². The van der Waals surface area contributed by atoms with Crippen molar-refractivity contribution in [3.63, 3.8) is 0 Å². The summed E-state index contributed by atoms with van der Waals surface area (Å²) in [5.41, 5.74) is 1.01. The van der Waals surface area contributed by atoms with Crippen LogP contribution in [0.1, 0.15) is 15.4 Å². The summed E-state index contributed by atoms with van der Waals surface area (Å²) in [4.78, 5) is 5.28. The van der Waals surface area contributed by atoms with Crippen LogP contribution in [0.5, 0.6) is 5.75 Å². The normalized spacial score (nSPS) is 9.88. The second-order valence-corrected chi connectivity index (χ2v) is 4.93. The SMILES string of the molecule is Cc1ncc(COc2ccc(CC#N)cc2)s1. The lowest BCUT2D eigenvalue weighted by Gasteiger charge is -2.04. The van der Waals surface area contributed by atoms with Crippen LogP contribution in [-0.2, 0) is 13.0 Å². The highest BCUT2D eigenvalue weighted by molar-refractivity contribution is 7.11. The molecule has 3 nitrogen and oxygen atoms in total. The molecule has 0 saturated heterocycles. The molecule has 17 heavy (non-hydrogen) atoms. The van der Waals surface area contributed by atoms with Gasteiger partial charge in [-0.2, -0.15) is 5.26 Å². The third kappa shape index (κ3) is 3.30. The van der Waals surface area contributed by atoms with Gasteiger partial charge in [-0.3, -0.25) is 0 Å². The van der Waals surface area contributed by atoms with Gasteiger partial charge in [0.05, 0.1) is 22.4 Å². The first-order valence-corrected chi connectivity index (χ1v) is 6.09. The lowest BCUT2D eigenvalue weighted by Crippen LogP contribution is -1.93. The molecule has 0 atom stereocenters. The molecule has 86 valence electrons. The minimum atomic E-state index is 0.439. The van der Waals surface area contributed by atoms with Gasteiger partial charge in [0.25, 0.3) is 0 Å². The van der Waals surface area contributed by atoms with Crippen molar-refractivity contribution in [2.75, 3.05) is 0 Å². The maximum Gasteiger partial charge on any atom is 0.124 e. The molecule has 2 rings (SSSR count). The molecule has 0 radical (unpaired) electrons. The van der Waals surface area contributed by atoms with Crippen LogP contribution >= 0.6 is 11.3 Å². The van der Waals surface area contributed by atoms with E-state index in [2.05, 4.69) is 11.1 Å². The van der Waals surface area contributed by atoms with E-state index >= 15 is 0 Å². The molecule has 0 unspecified atom stereocenters. The number of nitriles is 1. The molecular weight excluding hydrogens is 232 g/mol. The standard InChI is InChI=1S/C13H12N2OS/c1-10-15-8-13(17-10)9-16-12-4-2-11(3-5-12)6-7-14/h2-5,8H,6,9H2,1H3. The number of rotatable bonds is 4.